The van der Waals surface area contributed by atoms with E-state index in [1.807, 2.05) is 19.1 Å². The molecule has 1 fully saturated rings. The summed E-state index contributed by atoms with van der Waals surface area (Å²) in [7, 11) is 0. The predicted molar refractivity (Wildman–Crippen MR) is 130 cm³/mol. The third-order valence-corrected chi connectivity index (χ3v) is 7.02. The van der Waals surface area contributed by atoms with Crippen molar-refractivity contribution in [3.63, 3.8) is 0 Å². The molecule has 2 N–H and O–H groups in total. The molecule has 0 saturated heterocycles. The SMILES string of the molecule is Cc1cccc(Cl)c1NC(=O)c1ccc2nc(NC(=O)[C@@H]3C[C@H]3c3ccc(F)cc3)sc2c1. The molecule has 3 aromatic carbocycles. The van der Waals surface area contributed by atoms with Gasteiger partial charge in [0.25, 0.3) is 5.91 Å². The fourth-order valence-electron chi connectivity index (χ4n) is 3.86. The summed E-state index contributed by atoms with van der Waals surface area (Å²) in [6, 6.07) is 16.9. The van der Waals surface area contributed by atoms with Crippen LogP contribution in [0.5, 0.6) is 0 Å². The maximum absolute atomic E-state index is 13.1. The number of nitrogens with zero attached hydrogens (tertiary/aromatic N) is 1. The highest BCUT2D eigenvalue weighted by Crippen LogP contribution is 2.48. The van der Waals surface area contributed by atoms with Crippen molar-refractivity contribution in [1.82, 2.24) is 4.98 Å². The van der Waals surface area contributed by atoms with E-state index in [0.29, 0.717) is 26.9 Å². The lowest BCUT2D eigenvalue weighted by Gasteiger charge is -2.10. The van der Waals surface area contributed by atoms with Crippen LogP contribution in [-0.2, 0) is 4.79 Å². The summed E-state index contributed by atoms with van der Waals surface area (Å²) in [6.45, 7) is 1.88. The van der Waals surface area contributed by atoms with Gasteiger partial charge in [0.15, 0.2) is 5.13 Å². The van der Waals surface area contributed by atoms with Gasteiger partial charge < -0.3 is 10.6 Å². The van der Waals surface area contributed by atoms with Crippen molar-refractivity contribution in [2.24, 2.45) is 5.92 Å². The molecule has 1 aliphatic rings. The van der Waals surface area contributed by atoms with Gasteiger partial charge >= 0.3 is 0 Å². The van der Waals surface area contributed by atoms with Crippen molar-refractivity contribution < 1.29 is 14.0 Å². The van der Waals surface area contributed by atoms with Crippen LogP contribution in [0.25, 0.3) is 10.2 Å². The second-order valence-corrected chi connectivity index (χ2v) is 9.51. The lowest BCUT2D eigenvalue weighted by molar-refractivity contribution is -0.117. The molecule has 1 aromatic heterocycles. The molecule has 2 amide bonds. The maximum atomic E-state index is 13.1. The number of benzene rings is 3. The standard InChI is InChI=1S/C25H19ClFN3O2S/c1-13-3-2-4-19(26)22(13)29-23(31)15-7-10-20-21(11-15)33-25(28-20)30-24(32)18-12-17(18)14-5-8-16(27)9-6-14/h2-11,17-18H,12H2,1H3,(H,29,31)(H,28,30,32)/t17-,18+/m0/s1. The first-order valence-electron chi connectivity index (χ1n) is 10.4. The predicted octanol–water partition coefficient (Wildman–Crippen LogP) is 6.39. The monoisotopic (exact) mass is 479 g/mol. The summed E-state index contributed by atoms with van der Waals surface area (Å²) in [5.41, 5.74) is 3.60. The number of thiazole rings is 1. The minimum Gasteiger partial charge on any atom is -0.320 e. The number of carbonyl (C=O) groups excluding carboxylic acids is 2. The number of halogens is 2. The van der Waals surface area contributed by atoms with Crippen LogP contribution in [0, 0.1) is 18.7 Å². The van der Waals surface area contributed by atoms with Gasteiger partial charge in [0.2, 0.25) is 5.91 Å². The number of aromatic nitrogens is 1. The minimum absolute atomic E-state index is 0.101. The van der Waals surface area contributed by atoms with E-state index in [0.717, 1.165) is 22.2 Å². The fraction of sp³-hybridized carbons (Fsp3) is 0.160. The highest BCUT2D eigenvalue weighted by molar-refractivity contribution is 7.22. The largest absolute Gasteiger partial charge is 0.320 e. The lowest BCUT2D eigenvalue weighted by Crippen LogP contribution is -2.14. The Kier molecular flexibility index (Phi) is 5.60. The number of nitrogens with one attached hydrogen (secondary N) is 2. The van der Waals surface area contributed by atoms with Crippen LogP contribution in [0.2, 0.25) is 5.02 Å². The van der Waals surface area contributed by atoms with Crippen LogP contribution in [0.3, 0.4) is 0 Å². The molecule has 0 bridgehead atoms. The van der Waals surface area contributed by atoms with E-state index in [4.69, 9.17) is 11.6 Å². The van der Waals surface area contributed by atoms with Gasteiger partial charge in [0.05, 0.1) is 20.9 Å². The Morgan fingerprint density at radius 2 is 1.88 bits per heavy atom. The fourth-order valence-corrected chi connectivity index (χ4v) is 5.03. The molecule has 0 radical (unpaired) electrons. The van der Waals surface area contributed by atoms with E-state index in [9.17, 15) is 14.0 Å². The second kappa shape index (κ2) is 8.57. The number of rotatable bonds is 5. The highest BCUT2D eigenvalue weighted by Gasteiger charge is 2.44. The third-order valence-electron chi connectivity index (χ3n) is 5.77. The summed E-state index contributed by atoms with van der Waals surface area (Å²) < 4.78 is 13.9. The Bertz CT molecular complexity index is 1370. The average Bonchev–Trinajstić information content (AvgIpc) is 3.49. The van der Waals surface area contributed by atoms with Crippen molar-refractivity contribution in [3.8, 4) is 0 Å². The van der Waals surface area contributed by atoms with Crippen molar-refractivity contribution in [3.05, 3.63) is 88.2 Å². The van der Waals surface area contributed by atoms with Gasteiger partial charge in [-0.15, -0.1) is 0 Å². The lowest BCUT2D eigenvalue weighted by atomic mass is 10.1. The highest BCUT2D eigenvalue weighted by atomic mass is 35.5. The minimum atomic E-state index is -0.287. The number of amides is 2. The van der Waals surface area contributed by atoms with Gasteiger partial charge in [-0.3, -0.25) is 9.59 Å². The molecule has 5 rings (SSSR count). The Morgan fingerprint density at radius 1 is 1.09 bits per heavy atom. The number of fused-ring (bicyclic) bond motifs is 1. The van der Waals surface area contributed by atoms with Crippen LogP contribution in [0.15, 0.2) is 60.7 Å². The van der Waals surface area contributed by atoms with Gasteiger partial charge in [-0.2, -0.15) is 0 Å². The van der Waals surface area contributed by atoms with E-state index >= 15 is 0 Å². The average molecular weight is 480 g/mol. The Hall–Kier alpha value is -3.29. The molecule has 166 valence electrons. The summed E-state index contributed by atoms with van der Waals surface area (Å²) in [4.78, 5) is 29.9. The first kappa shape index (κ1) is 21.6. The Morgan fingerprint density at radius 3 is 2.64 bits per heavy atom. The van der Waals surface area contributed by atoms with Crippen LogP contribution >= 0.6 is 22.9 Å². The molecule has 33 heavy (non-hydrogen) atoms. The summed E-state index contributed by atoms with van der Waals surface area (Å²) in [5, 5.41) is 6.71. The van der Waals surface area contributed by atoms with Crippen molar-refractivity contribution in [2.45, 2.75) is 19.3 Å². The van der Waals surface area contributed by atoms with E-state index in [1.165, 1.54) is 23.5 Å². The number of hydrogen-bond donors (Lipinski definition) is 2. The topological polar surface area (TPSA) is 71.1 Å². The third kappa shape index (κ3) is 4.47. The quantitative estimate of drug-likeness (QED) is 0.348. The Labute approximate surface area is 198 Å². The van der Waals surface area contributed by atoms with Crippen molar-refractivity contribution in [2.75, 3.05) is 10.6 Å². The molecule has 0 spiro atoms. The van der Waals surface area contributed by atoms with Crippen molar-refractivity contribution in [1.29, 1.82) is 0 Å². The number of anilines is 2. The molecule has 4 aromatic rings. The number of aryl methyl sites for hydroxylation is 1. The molecule has 1 aliphatic carbocycles. The number of para-hydroxylation sites is 1. The summed E-state index contributed by atoms with van der Waals surface area (Å²) in [5.74, 6) is -0.709. The van der Waals surface area contributed by atoms with Gasteiger partial charge in [0, 0.05) is 11.5 Å². The molecule has 0 aliphatic heterocycles. The summed E-state index contributed by atoms with van der Waals surface area (Å²) in [6.07, 6.45) is 0.730. The maximum Gasteiger partial charge on any atom is 0.255 e. The molecule has 5 nitrogen and oxygen atoms in total. The smallest absolute Gasteiger partial charge is 0.255 e. The van der Waals surface area contributed by atoms with Crippen LogP contribution in [0.4, 0.5) is 15.2 Å². The molecular formula is C25H19ClFN3O2S. The van der Waals surface area contributed by atoms with E-state index < -0.39 is 0 Å². The van der Waals surface area contributed by atoms with E-state index in [-0.39, 0.29) is 29.5 Å². The first-order valence-corrected chi connectivity index (χ1v) is 11.6. The van der Waals surface area contributed by atoms with Gasteiger partial charge in [-0.1, -0.05) is 47.2 Å². The Balaban J connectivity index is 1.28. The molecule has 0 unspecified atom stereocenters. The van der Waals surface area contributed by atoms with Gasteiger partial charge in [-0.25, -0.2) is 9.37 Å². The normalized spacial score (nSPS) is 17.1. The molecule has 8 heteroatoms. The van der Waals surface area contributed by atoms with Crippen LogP contribution in [-0.4, -0.2) is 16.8 Å². The number of hydrogen-bond acceptors (Lipinski definition) is 4. The second-order valence-electron chi connectivity index (χ2n) is 8.08. The molecule has 2 atom stereocenters. The number of carbonyl (C=O) groups is 2. The molecular weight excluding hydrogens is 461 g/mol. The van der Waals surface area contributed by atoms with E-state index in [2.05, 4.69) is 15.6 Å². The zero-order chi connectivity index (χ0) is 23.1. The molecule has 1 heterocycles. The van der Waals surface area contributed by atoms with Crippen LogP contribution < -0.4 is 10.6 Å². The van der Waals surface area contributed by atoms with Gasteiger partial charge in [0.1, 0.15) is 5.82 Å². The zero-order valence-electron chi connectivity index (χ0n) is 17.6. The van der Waals surface area contributed by atoms with E-state index in [1.54, 1.807) is 36.4 Å². The van der Waals surface area contributed by atoms with Crippen molar-refractivity contribution >= 4 is 55.8 Å². The first-order chi connectivity index (χ1) is 15.9. The van der Waals surface area contributed by atoms with Gasteiger partial charge in [-0.05, 0) is 66.8 Å². The zero-order valence-corrected chi connectivity index (χ0v) is 19.1. The summed E-state index contributed by atoms with van der Waals surface area (Å²) >= 11 is 7.53. The van der Waals surface area contributed by atoms with Crippen LogP contribution in [0.1, 0.15) is 33.8 Å². The molecule has 1 saturated carbocycles.